The summed E-state index contributed by atoms with van der Waals surface area (Å²) in [5.41, 5.74) is 3.06. The highest BCUT2D eigenvalue weighted by Gasteiger charge is 2.34. The lowest BCUT2D eigenvalue weighted by Crippen LogP contribution is -2.45. The molecule has 1 unspecified atom stereocenters. The summed E-state index contributed by atoms with van der Waals surface area (Å²) in [7, 11) is 1.32. The monoisotopic (exact) mass is 448 g/mol. The van der Waals surface area contributed by atoms with E-state index in [0.29, 0.717) is 34.2 Å². The molecule has 6 nitrogen and oxygen atoms in total. The van der Waals surface area contributed by atoms with Crippen LogP contribution >= 0.6 is 11.6 Å². The Morgan fingerprint density at radius 2 is 1.66 bits per heavy atom. The van der Waals surface area contributed by atoms with Crippen LogP contribution in [0.3, 0.4) is 0 Å². The molecule has 32 heavy (non-hydrogen) atoms. The number of esters is 1. The van der Waals surface area contributed by atoms with Crippen molar-refractivity contribution in [1.82, 2.24) is 10.6 Å². The van der Waals surface area contributed by atoms with E-state index >= 15 is 0 Å². The van der Waals surface area contributed by atoms with Gasteiger partial charge in [0.1, 0.15) is 12.4 Å². The largest absolute Gasteiger partial charge is 0.489 e. The summed E-state index contributed by atoms with van der Waals surface area (Å²) >= 11 is 6.18. The topological polar surface area (TPSA) is 76.7 Å². The maximum Gasteiger partial charge on any atom is 0.338 e. The number of urea groups is 1. The first-order chi connectivity index (χ1) is 15.6. The summed E-state index contributed by atoms with van der Waals surface area (Å²) in [4.78, 5) is 25.1. The third kappa shape index (κ3) is 4.60. The number of amides is 2. The number of ether oxygens (including phenoxy) is 2. The van der Waals surface area contributed by atoms with Crippen LogP contribution in [0.25, 0.3) is 5.70 Å². The molecular formula is C25H21ClN2O4. The van der Waals surface area contributed by atoms with Crippen LogP contribution in [0.2, 0.25) is 5.02 Å². The number of carbonyl (C=O) groups excluding carboxylic acids is 2. The van der Waals surface area contributed by atoms with Gasteiger partial charge < -0.3 is 20.1 Å². The van der Waals surface area contributed by atoms with Crippen molar-refractivity contribution in [2.45, 2.75) is 12.6 Å². The van der Waals surface area contributed by atoms with E-state index < -0.39 is 18.0 Å². The molecule has 0 aromatic heterocycles. The lowest BCUT2D eigenvalue weighted by Gasteiger charge is -2.29. The third-order valence-corrected chi connectivity index (χ3v) is 5.47. The number of methoxy groups -OCH3 is 1. The van der Waals surface area contributed by atoms with E-state index in [1.165, 1.54) is 7.11 Å². The van der Waals surface area contributed by atoms with Crippen molar-refractivity contribution < 1.29 is 19.1 Å². The van der Waals surface area contributed by atoms with Crippen LogP contribution in [0.5, 0.6) is 5.75 Å². The van der Waals surface area contributed by atoms with Crippen molar-refractivity contribution >= 4 is 29.3 Å². The molecule has 1 heterocycles. The maximum atomic E-state index is 12.7. The van der Waals surface area contributed by atoms with E-state index in [1.807, 2.05) is 66.7 Å². The number of hydrogen-bond acceptors (Lipinski definition) is 4. The Bertz CT molecular complexity index is 1160. The minimum Gasteiger partial charge on any atom is -0.489 e. The van der Waals surface area contributed by atoms with E-state index in [-0.39, 0.29) is 0 Å². The Hall–Kier alpha value is -3.77. The van der Waals surface area contributed by atoms with Crippen LogP contribution in [-0.2, 0) is 16.1 Å². The van der Waals surface area contributed by atoms with Gasteiger partial charge in [0.25, 0.3) is 0 Å². The fourth-order valence-electron chi connectivity index (χ4n) is 3.51. The summed E-state index contributed by atoms with van der Waals surface area (Å²) in [6.45, 7) is 0.328. The first-order valence-electron chi connectivity index (χ1n) is 9.98. The molecule has 0 aliphatic carbocycles. The number of benzene rings is 3. The molecule has 0 fully saturated rings. The first-order valence-corrected chi connectivity index (χ1v) is 10.4. The van der Waals surface area contributed by atoms with E-state index in [1.54, 1.807) is 12.1 Å². The Kier molecular flexibility index (Phi) is 6.42. The second-order valence-corrected chi connectivity index (χ2v) is 7.53. The van der Waals surface area contributed by atoms with Gasteiger partial charge in [-0.05, 0) is 29.3 Å². The van der Waals surface area contributed by atoms with Crippen LogP contribution < -0.4 is 15.4 Å². The van der Waals surface area contributed by atoms with E-state index in [9.17, 15) is 9.59 Å². The van der Waals surface area contributed by atoms with Gasteiger partial charge >= 0.3 is 12.0 Å². The zero-order valence-corrected chi connectivity index (χ0v) is 18.1. The Morgan fingerprint density at radius 1 is 0.969 bits per heavy atom. The van der Waals surface area contributed by atoms with Gasteiger partial charge in [-0.3, -0.25) is 0 Å². The minimum atomic E-state index is -0.677. The fraction of sp³-hybridized carbons (Fsp3) is 0.120. The average molecular weight is 449 g/mol. The van der Waals surface area contributed by atoms with E-state index in [2.05, 4.69) is 10.6 Å². The van der Waals surface area contributed by atoms with Crippen LogP contribution in [-0.4, -0.2) is 19.1 Å². The lowest BCUT2D eigenvalue weighted by atomic mass is 9.92. The van der Waals surface area contributed by atoms with Crippen molar-refractivity contribution in [3.8, 4) is 5.75 Å². The molecule has 7 heteroatoms. The standard InChI is InChI=1S/C25H21ClN2O4/c1-31-24(29)21-22(16-7-3-2-4-8-16)27-25(30)28-23(21)17-11-13-19(14-12-17)32-15-18-9-5-6-10-20(18)26/h2-14,23H,15H2,1H3,(H2,27,28,30). The van der Waals surface area contributed by atoms with Gasteiger partial charge in [-0.2, -0.15) is 0 Å². The smallest absolute Gasteiger partial charge is 0.338 e. The van der Waals surface area contributed by atoms with Crippen LogP contribution in [0, 0.1) is 0 Å². The Balaban J connectivity index is 1.63. The molecular weight excluding hydrogens is 428 g/mol. The molecule has 3 aromatic carbocycles. The maximum absolute atomic E-state index is 12.7. The van der Waals surface area contributed by atoms with Gasteiger partial charge in [0.05, 0.1) is 24.4 Å². The zero-order chi connectivity index (χ0) is 22.5. The molecule has 1 aliphatic rings. The molecule has 162 valence electrons. The highest BCUT2D eigenvalue weighted by atomic mass is 35.5. The quantitative estimate of drug-likeness (QED) is 0.528. The molecule has 0 saturated heterocycles. The van der Waals surface area contributed by atoms with Gasteiger partial charge in [0, 0.05) is 10.6 Å². The van der Waals surface area contributed by atoms with Gasteiger partial charge in [-0.1, -0.05) is 72.3 Å². The molecule has 0 spiro atoms. The third-order valence-electron chi connectivity index (χ3n) is 5.11. The SMILES string of the molecule is COC(=O)C1=C(c2ccccc2)NC(=O)NC1c1ccc(OCc2ccccc2Cl)cc1. The predicted octanol–water partition coefficient (Wildman–Crippen LogP) is 4.86. The van der Waals surface area contributed by atoms with Crippen LogP contribution in [0.4, 0.5) is 4.79 Å². The molecule has 0 saturated carbocycles. The lowest BCUT2D eigenvalue weighted by molar-refractivity contribution is -0.136. The number of halogens is 1. The average Bonchev–Trinajstić information content (AvgIpc) is 2.83. The fourth-order valence-corrected chi connectivity index (χ4v) is 3.70. The van der Waals surface area contributed by atoms with Gasteiger partial charge in [-0.15, -0.1) is 0 Å². The first kappa shape index (κ1) is 21.5. The van der Waals surface area contributed by atoms with Gasteiger partial charge in [-0.25, -0.2) is 9.59 Å². The summed E-state index contributed by atoms with van der Waals surface area (Å²) in [6.07, 6.45) is 0. The Labute approximate surface area is 190 Å². The minimum absolute atomic E-state index is 0.322. The molecule has 0 radical (unpaired) electrons. The molecule has 3 aromatic rings. The second kappa shape index (κ2) is 9.58. The number of carbonyl (C=O) groups is 2. The number of hydrogen-bond donors (Lipinski definition) is 2. The second-order valence-electron chi connectivity index (χ2n) is 7.13. The molecule has 4 rings (SSSR count). The molecule has 1 atom stereocenters. The number of nitrogens with one attached hydrogen (secondary N) is 2. The van der Waals surface area contributed by atoms with Crippen molar-refractivity contribution in [2.24, 2.45) is 0 Å². The Morgan fingerprint density at radius 3 is 2.34 bits per heavy atom. The summed E-state index contributed by atoms with van der Waals surface area (Å²) in [5, 5.41) is 6.20. The van der Waals surface area contributed by atoms with Gasteiger partial charge in [0.15, 0.2) is 0 Å². The molecule has 2 amide bonds. The van der Waals surface area contributed by atoms with Crippen molar-refractivity contribution in [1.29, 1.82) is 0 Å². The van der Waals surface area contributed by atoms with Crippen LogP contribution in [0.1, 0.15) is 22.7 Å². The zero-order valence-electron chi connectivity index (χ0n) is 17.3. The van der Waals surface area contributed by atoms with Crippen LogP contribution in [0.15, 0.2) is 84.4 Å². The number of rotatable bonds is 6. The van der Waals surface area contributed by atoms with E-state index in [4.69, 9.17) is 21.1 Å². The van der Waals surface area contributed by atoms with Crippen molar-refractivity contribution in [2.75, 3.05) is 7.11 Å². The molecule has 0 bridgehead atoms. The highest BCUT2D eigenvalue weighted by molar-refractivity contribution is 6.31. The van der Waals surface area contributed by atoms with Gasteiger partial charge in [0.2, 0.25) is 0 Å². The summed E-state index contributed by atoms with van der Waals surface area (Å²) < 4.78 is 10.9. The normalized spacial score (nSPS) is 15.6. The summed E-state index contributed by atoms with van der Waals surface area (Å²) in [5.74, 6) is 0.112. The summed E-state index contributed by atoms with van der Waals surface area (Å²) in [6, 6.07) is 22.8. The predicted molar refractivity (Wildman–Crippen MR) is 122 cm³/mol. The van der Waals surface area contributed by atoms with E-state index in [0.717, 1.165) is 11.1 Å². The molecule has 2 N–H and O–H groups in total. The van der Waals surface area contributed by atoms with Crippen molar-refractivity contribution in [3.63, 3.8) is 0 Å². The molecule has 1 aliphatic heterocycles. The highest BCUT2D eigenvalue weighted by Crippen LogP contribution is 2.32. The van der Waals surface area contributed by atoms with Crippen molar-refractivity contribution in [3.05, 3.63) is 106 Å².